The van der Waals surface area contributed by atoms with Crippen molar-refractivity contribution < 1.29 is 14.6 Å². The number of aliphatic hydroxyl groups excluding tert-OH is 1. The lowest BCUT2D eigenvalue weighted by atomic mass is 10.3. The molecule has 0 aromatic rings. The molecule has 2 atom stereocenters. The lowest BCUT2D eigenvalue weighted by Crippen LogP contribution is -2.41. The van der Waals surface area contributed by atoms with Crippen molar-refractivity contribution in [3.8, 4) is 0 Å². The first kappa shape index (κ1) is 12.5. The second-order valence-corrected chi connectivity index (χ2v) is 3.48. The van der Waals surface area contributed by atoms with E-state index in [2.05, 4.69) is 6.58 Å². The van der Waals surface area contributed by atoms with E-state index in [9.17, 15) is 4.79 Å². The van der Waals surface area contributed by atoms with Gasteiger partial charge in [-0.15, -0.1) is 0 Å². The third-order valence-electron chi connectivity index (χ3n) is 2.26. The zero-order valence-corrected chi connectivity index (χ0v) is 9.24. The van der Waals surface area contributed by atoms with Gasteiger partial charge in [-0.3, -0.25) is 4.79 Å². The van der Waals surface area contributed by atoms with Gasteiger partial charge in [0.2, 0.25) is 0 Å². The number of nitrogens with two attached hydrogens (primary N) is 1. The summed E-state index contributed by atoms with van der Waals surface area (Å²) in [5.74, 6) is -0.611. The second-order valence-electron chi connectivity index (χ2n) is 3.48. The molecule has 0 amide bonds. The molecule has 0 aliphatic carbocycles. The van der Waals surface area contributed by atoms with E-state index in [0.29, 0.717) is 6.67 Å². The van der Waals surface area contributed by atoms with Crippen LogP contribution in [0.25, 0.3) is 0 Å². The zero-order chi connectivity index (χ0) is 12.1. The van der Waals surface area contributed by atoms with Crippen molar-refractivity contribution in [3.05, 3.63) is 25.2 Å². The Balaban J connectivity index is 2.42. The van der Waals surface area contributed by atoms with Crippen LogP contribution in [0.15, 0.2) is 25.2 Å². The van der Waals surface area contributed by atoms with Crippen molar-refractivity contribution in [2.75, 3.05) is 13.3 Å². The van der Waals surface area contributed by atoms with Gasteiger partial charge in [0.1, 0.15) is 6.04 Å². The van der Waals surface area contributed by atoms with E-state index < -0.39 is 24.8 Å². The maximum atomic E-state index is 11.3. The van der Waals surface area contributed by atoms with Gasteiger partial charge in [-0.05, 0) is 13.1 Å². The fraction of sp³-hybridized carbons (Fsp3) is 0.500. The molecular weight excluding hydrogens is 210 g/mol. The standard InChI is InChI=1S/C10H17N3O3/c1-3-12-4-5-13(7-12)8(2)16-10(15)9(11)6-14/h3-5,8-9,14H,1,6-7,11H2,2H3/t8?,9-/m0/s1. The van der Waals surface area contributed by atoms with Crippen LogP contribution < -0.4 is 5.73 Å². The van der Waals surface area contributed by atoms with Gasteiger partial charge in [-0.1, -0.05) is 6.58 Å². The molecular formula is C10H17N3O3. The molecule has 6 heteroatoms. The van der Waals surface area contributed by atoms with Crippen LogP contribution in [0.5, 0.6) is 0 Å². The number of nitrogens with zero attached hydrogens (tertiary/aromatic N) is 2. The SMILES string of the molecule is C=CN1C=CN(C(C)OC(=O)[C@@H](N)CO)C1. The number of rotatable bonds is 5. The number of hydrogen-bond donors (Lipinski definition) is 2. The summed E-state index contributed by atoms with van der Waals surface area (Å²) in [6.45, 7) is 5.52. The maximum absolute atomic E-state index is 11.3. The van der Waals surface area contributed by atoms with E-state index in [-0.39, 0.29) is 0 Å². The van der Waals surface area contributed by atoms with Crippen LogP contribution in [-0.2, 0) is 9.53 Å². The van der Waals surface area contributed by atoms with Crippen LogP contribution in [0.4, 0.5) is 0 Å². The molecule has 0 spiro atoms. The summed E-state index contributed by atoms with van der Waals surface area (Å²) in [6, 6.07) is -0.982. The average molecular weight is 227 g/mol. The smallest absolute Gasteiger partial charge is 0.327 e. The highest BCUT2D eigenvalue weighted by Gasteiger charge is 2.22. The molecule has 0 aromatic heterocycles. The quantitative estimate of drug-likeness (QED) is 0.610. The van der Waals surface area contributed by atoms with Crippen molar-refractivity contribution in [2.45, 2.75) is 19.2 Å². The summed E-state index contributed by atoms with van der Waals surface area (Å²) in [4.78, 5) is 15.0. The second kappa shape index (κ2) is 5.53. The predicted molar refractivity (Wildman–Crippen MR) is 58.5 cm³/mol. The molecule has 90 valence electrons. The summed E-state index contributed by atoms with van der Waals surface area (Å²) in [7, 11) is 0. The average Bonchev–Trinajstić information content (AvgIpc) is 2.76. The number of carbonyl (C=O) groups is 1. The molecule has 0 bridgehead atoms. The topological polar surface area (TPSA) is 79.0 Å². The normalized spacial score (nSPS) is 18.4. The fourth-order valence-corrected chi connectivity index (χ4v) is 1.21. The lowest BCUT2D eigenvalue weighted by molar-refractivity contribution is -0.158. The van der Waals surface area contributed by atoms with Gasteiger partial charge in [0.05, 0.1) is 13.3 Å². The van der Waals surface area contributed by atoms with Gasteiger partial charge in [-0.25, -0.2) is 0 Å². The molecule has 16 heavy (non-hydrogen) atoms. The zero-order valence-electron chi connectivity index (χ0n) is 9.24. The number of aliphatic hydroxyl groups is 1. The Morgan fingerprint density at radius 3 is 2.94 bits per heavy atom. The van der Waals surface area contributed by atoms with Crippen LogP contribution >= 0.6 is 0 Å². The van der Waals surface area contributed by atoms with Crippen LogP contribution in [0.3, 0.4) is 0 Å². The highest BCUT2D eigenvalue weighted by atomic mass is 16.6. The van der Waals surface area contributed by atoms with Crippen molar-refractivity contribution in [3.63, 3.8) is 0 Å². The Hall–Kier alpha value is -1.53. The number of carbonyl (C=O) groups excluding carboxylic acids is 1. The summed E-state index contributed by atoms with van der Waals surface area (Å²) in [6.07, 6.45) is 4.86. The Morgan fingerprint density at radius 1 is 1.75 bits per heavy atom. The van der Waals surface area contributed by atoms with Crippen LogP contribution in [0.2, 0.25) is 0 Å². The monoisotopic (exact) mass is 227 g/mol. The molecule has 0 fully saturated rings. The Morgan fingerprint density at radius 2 is 2.44 bits per heavy atom. The highest BCUT2D eigenvalue weighted by molar-refractivity contribution is 5.75. The van der Waals surface area contributed by atoms with Gasteiger partial charge >= 0.3 is 5.97 Å². The Labute approximate surface area is 94.6 Å². The molecule has 1 heterocycles. The van der Waals surface area contributed by atoms with Crippen molar-refractivity contribution in [1.29, 1.82) is 0 Å². The first-order valence-electron chi connectivity index (χ1n) is 4.97. The molecule has 0 radical (unpaired) electrons. The van der Waals surface area contributed by atoms with Gasteiger partial charge in [0.25, 0.3) is 0 Å². The minimum atomic E-state index is -0.982. The first-order chi connectivity index (χ1) is 7.58. The van der Waals surface area contributed by atoms with E-state index in [4.69, 9.17) is 15.6 Å². The Kier molecular flexibility index (Phi) is 4.33. The number of hydrogen-bond acceptors (Lipinski definition) is 6. The molecule has 1 rings (SSSR count). The molecule has 0 saturated carbocycles. The summed E-state index contributed by atoms with van der Waals surface area (Å²) >= 11 is 0. The molecule has 0 aromatic carbocycles. The predicted octanol–water partition coefficient (Wildman–Crippen LogP) is -0.615. The third kappa shape index (κ3) is 2.98. The lowest BCUT2D eigenvalue weighted by Gasteiger charge is -2.26. The van der Waals surface area contributed by atoms with E-state index in [1.807, 2.05) is 16.0 Å². The molecule has 6 nitrogen and oxygen atoms in total. The maximum Gasteiger partial charge on any atom is 0.327 e. The van der Waals surface area contributed by atoms with E-state index in [1.165, 1.54) is 0 Å². The van der Waals surface area contributed by atoms with Crippen molar-refractivity contribution in [2.24, 2.45) is 5.73 Å². The minimum Gasteiger partial charge on any atom is -0.441 e. The van der Waals surface area contributed by atoms with Gasteiger partial charge in [0, 0.05) is 12.4 Å². The van der Waals surface area contributed by atoms with Crippen molar-refractivity contribution >= 4 is 5.97 Å². The van der Waals surface area contributed by atoms with Gasteiger partial charge in [0.15, 0.2) is 6.23 Å². The fourth-order valence-electron chi connectivity index (χ4n) is 1.21. The summed E-state index contributed by atoms with van der Waals surface area (Å²) in [5.41, 5.74) is 5.33. The largest absolute Gasteiger partial charge is 0.441 e. The molecule has 1 aliphatic rings. The number of esters is 1. The molecule has 1 unspecified atom stereocenters. The summed E-state index contributed by atoms with van der Waals surface area (Å²) in [5, 5.41) is 8.69. The van der Waals surface area contributed by atoms with E-state index in [0.717, 1.165) is 0 Å². The van der Waals surface area contributed by atoms with E-state index in [1.54, 1.807) is 19.3 Å². The van der Waals surface area contributed by atoms with E-state index >= 15 is 0 Å². The first-order valence-corrected chi connectivity index (χ1v) is 4.97. The van der Waals surface area contributed by atoms with Crippen molar-refractivity contribution in [1.82, 2.24) is 9.80 Å². The van der Waals surface area contributed by atoms with Crippen LogP contribution in [0.1, 0.15) is 6.92 Å². The van der Waals surface area contributed by atoms with Gasteiger partial charge in [-0.2, -0.15) is 0 Å². The molecule has 0 saturated heterocycles. The van der Waals surface area contributed by atoms with Crippen LogP contribution in [0, 0.1) is 0 Å². The summed E-state index contributed by atoms with van der Waals surface area (Å²) < 4.78 is 5.07. The molecule has 1 aliphatic heterocycles. The third-order valence-corrected chi connectivity index (χ3v) is 2.26. The Bertz CT molecular complexity index is 293. The molecule has 3 N–H and O–H groups in total. The highest BCUT2D eigenvalue weighted by Crippen LogP contribution is 2.11. The van der Waals surface area contributed by atoms with Crippen LogP contribution in [-0.4, -0.2) is 46.4 Å². The van der Waals surface area contributed by atoms with Gasteiger partial charge < -0.3 is 25.4 Å². The minimum absolute atomic E-state index is 0.416. The number of ether oxygens (including phenoxy) is 1.